The summed E-state index contributed by atoms with van der Waals surface area (Å²) in [6.07, 6.45) is 4.39. The second kappa shape index (κ2) is 3.18. The van der Waals surface area contributed by atoms with Gasteiger partial charge in [0.05, 0.1) is 11.4 Å². The lowest BCUT2D eigenvalue weighted by Gasteiger charge is -2.10. The first-order valence-electron chi connectivity index (χ1n) is 6.68. The second-order valence-corrected chi connectivity index (χ2v) is 5.96. The van der Waals surface area contributed by atoms with E-state index in [2.05, 4.69) is 20.5 Å². The van der Waals surface area contributed by atoms with Gasteiger partial charge < -0.3 is 5.32 Å². The van der Waals surface area contributed by atoms with Crippen LogP contribution in [0, 0.1) is 37.5 Å². The Labute approximate surface area is 101 Å². The van der Waals surface area contributed by atoms with E-state index < -0.39 is 0 Å². The Morgan fingerprint density at radius 3 is 2.35 bits per heavy atom. The molecule has 1 aromatic heterocycles. The number of nitrogens with one attached hydrogen (secondary N) is 1. The van der Waals surface area contributed by atoms with Crippen LogP contribution in [0.1, 0.15) is 30.7 Å². The molecule has 3 aliphatic carbocycles. The maximum absolute atomic E-state index is 4.47. The smallest absolute Gasteiger partial charge is 0.243 e. The van der Waals surface area contributed by atoms with E-state index in [0.29, 0.717) is 6.04 Å². The standard InChI is InChI=1S/C13H18N4/c1-6-7(2)16-17-13(14-6)15-12-10-8-3-4-9(5-8)11(10)12/h8-12H,3-5H2,1-2H3,(H,14,15,17). The summed E-state index contributed by atoms with van der Waals surface area (Å²) in [6, 6.07) is 0.644. The van der Waals surface area contributed by atoms with E-state index in [4.69, 9.17) is 0 Å². The van der Waals surface area contributed by atoms with Gasteiger partial charge in [0.25, 0.3) is 0 Å². The minimum atomic E-state index is 0.644. The van der Waals surface area contributed by atoms with Gasteiger partial charge in [0.2, 0.25) is 5.95 Å². The van der Waals surface area contributed by atoms with Crippen LogP contribution in [0.2, 0.25) is 0 Å². The average Bonchev–Trinajstić information content (AvgIpc) is 2.73. The fraction of sp³-hybridized carbons (Fsp3) is 0.769. The molecule has 4 unspecified atom stereocenters. The predicted molar refractivity (Wildman–Crippen MR) is 64.5 cm³/mol. The first-order valence-corrected chi connectivity index (χ1v) is 6.68. The van der Waals surface area contributed by atoms with E-state index in [1.54, 1.807) is 0 Å². The molecule has 0 radical (unpaired) electrons. The first kappa shape index (κ1) is 9.80. The summed E-state index contributed by atoms with van der Waals surface area (Å²) in [7, 11) is 0. The third-order valence-corrected chi connectivity index (χ3v) is 5.12. The molecule has 2 bridgehead atoms. The van der Waals surface area contributed by atoms with Crippen molar-refractivity contribution in [2.24, 2.45) is 23.7 Å². The van der Waals surface area contributed by atoms with Gasteiger partial charge in [0, 0.05) is 6.04 Å². The molecule has 4 rings (SSSR count). The van der Waals surface area contributed by atoms with Crippen molar-refractivity contribution in [2.45, 2.75) is 39.2 Å². The van der Waals surface area contributed by atoms with Crippen molar-refractivity contribution < 1.29 is 0 Å². The second-order valence-electron chi connectivity index (χ2n) is 5.96. The van der Waals surface area contributed by atoms with E-state index in [0.717, 1.165) is 41.0 Å². The first-order chi connectivity index (χ1) is 8.24. The van der Waals surface area contributed by atoms with E-state index in [1.165, 1.54) is 19.3 Å². The monoisotopic (exact) mass is 230 g/mol. The van der Waals surface area contributed by atoms with Crippen molar-refractivity contribution in [3.63, 3.8) is 0 Å². The van der Waals surface area contributed by atoms with Crippen molar-refractivity contribution in [1.82, 2.24) is 15.2 Å². The molecule has 1 N–H and O–H groups in total. The number of aryl methyl sites for hydroxylation is 2. The van der Waals surface area contributed by atoms with Crippen LogP contribution in [-0.2, 0) is 0 Å². The van der Waals surface area contributed by atoms with Gasteiger partial charge in [-0.15, -0.1) is 5.10 Å². The van der Waals surface area contributed by atoms with Crippen molar-refractivity contribution in [3.05, 3.63) is 11.4 Å². The quantitative estimate of drug-likeness (QED) is 0.843. The molecule has 3 saturated carbocycles. The zero-order valence-electron chi connectivity index (χ0n) is 10.3. The maximum atomic E-state index is 4.47. The summed E-state index contributed by atoms with van der Waals surface area (Å²) in [4.78, 5) is 4.47. The largest absolute Gasteiger partial charge is 0.350 e. The Kier molecular flexibility index (Phi) is 1.83. The molecule has 0 amide bonds. The lowest BCUT2D eigenvalue weighted by molar-refractivity contribution is 0.456. The third-order valence-electron chi connectivity index (χ3n) is 5.12. The summed E-state index contributed by atoms with van der Waals surface area (Å²) in [5, 5.41) is 11.8. The van der Waals surface area contributed by atoms with Crippen LogP contribution in [0.25, 0.3) is 0 Å². The minimum absolute atomic E-state index is 0.644. The van der Waals surface area contributed by atoms with E-state index in [9.17, 15) is 0 Å². The van der Waals surface area contributed by atoms with Crippen LogP contribution in [-0.4, -0.2) is 21.2 Å². The summed E-state index contributed by atoms with van der Waals surface area (Å²) in [5.74, 6) is 4.54. The van der Waals surface area contributed by atoms with E-state index in [1.807, 2.05) is 13.8 Å². The van der Waals surface area contributed by atoms with Crippen LogP contribution >= 0.6 is 0 Å². The van der Waals surface area contributed by atoms with Crippen LogP contribution < -0.4 is 5.32 Å². The SMILES string of the molecule is Cc1nnc(NC2C3C4CCC(C4)C23)nc1C. The van der Waals surface area contributed by atoms with Gasteiger partial charge in [0.15, 0.2) is 0 Å². The highest BCUT2D eigenvalue weighted by molar-refractivity contribution is 5.34. The maximum Gasteiger partial charge on any atom is 0.243 e. The van der Waals surface area contributed by atoms with Crippen LogP contribution in [0.5, 0.6) is 0 Å². The molecule has 90 valence electrons. The molecular weight excluding hydrogens is 212 g/mol. The fourth-order valence-corrected chi connectivity index (χ4v) is 4.19. The molecule has 0 aliphatic heterocycles. The lowest BCUT2D eigenvalue weighted by atomic mass is 10.0. The molecule has 17 heavy (non-hydrogen) atoms. The summed E-state index contributed by atoms with van der Waals surface area (Å²) < 4.78 is 0. The number of rotatable bonds is 2. The fourth-order valence-electron chi connectivity index (χ4n) is 4.19. The molecule has 1 heterocycles. The molecule has 3 aliphatic rings. The Morgan fingerprint density at radius 2 is 1.71 bits per heavy atom. The van der Waals surface area contributed by atoms with Gasteiger partial charge in [-0.2, -0.15) is 5.10 Å². The summed E-state index contributed by atoms with van der Waals surface area (Å²) >= 11 is 0. The molecule has 1 aromatic rings. The van der Waals surface area contributed by atoms with Crippen LogP contribution in [0.4, 0.5) is 5.95 Å². The number of anilines is 1. The van der Waals surface area contributed by atoms with E-state index in [-0.39, 0.29) is 0 Å². The van der Waals surface area contributed by atoms with Crippen molar-refractivity contribution in [2.75, 3.05) is 5.32 Å². The van der Waals surface area contributed by atoms with Gasteiger partial charge in [-0.3, -0.25) is 0 Å². The molecule has 4 atom stereocenters. The number of hydrogen-bond acceptors (Lipinski definition) is 4. The summed E-state index contributed by atoms with van der Waals surface area (Å²) in [5.41, 5.74) is 1.91. The predicted octanol–water partition coefficient (Wildman–Crippen LogP) is 1.94. The number of nitrogens with zero attached hydrogens (tertiary/aromatic N) is 3. The van der Waals surface area contributed by atoms with E-state index >= 15 is 0 Å². The average molecular weight is 230 g/mol. The van der Waals surface area contributed by atoms with Gasteiger partial charge in [-0.1, -0.05) is 0 Å². The van der Waals surface area contributed by atoms with Crippen molar-refractivity contribution in [1.29, 1.82) is 0 Å². The minimum Gasteiger partial charge on any atom is -0.350 e. The molecule has 4 heteroatoms. The molecular formula is C13H18N4. The highest BCUT2D eigenvalue weighted by Gasteiger charge is 2.65. The lowest BCUT2D eigenvalue weighted by Crippen LogP contribution is -2.15. The number of aromatic nitrogens is 3. The van der Waals surface area contributed by atoms with Crippen LogP contribution in [0.15, 0.2) is 0 Å². The molecule has 4 nitrogen and oxygen atoms in total. The van der Waals surface area contributed by atoms with Gasteiger partial charge in [-0.05, 0) is 56.8 Å². The number of fused-ring (bicyclic) bond motifs is 5. The normalized spacial score (nSPS) is 41.4. The summed E-state index contributed by atoms with van der Waals surface area (Å²) in [6.45, 7) is 3.94. The van der Waals surface area contributed by atoms with Crippen molar-refractivity contribution in [3.8, 4) is 0 Å². The Hall–Kier alpha value is -1.19. The molecule has 0 saturated heterocycles. The highest BCUT2D eigenvalue weighted by atomic mass is 15.3. The zero-order valence-corrected chi connectivity index (χ0v) is 10.3. The highest BCUT2D eigenvalue weighted by Crippen LogP contribution is 2.66. The zero-order chi connectivity index (χ0) is 11.6. The number of hydrogen-bond donors (Lipinski definition) is 1. The van der Waals surface area contributed by atoms with Crippen molar-refractivity contribution >= 4 is 5.95 Å². The Bertz CT molecular complexity index is 456. The Morgan fingerprint density at radius 1 is 1.00 bits per heavy atom. The molecule has 0 aromatic carbocycles. The third kappa shape index (κ3) is 1.33. The topological polar surface area (TPSA) is 50.7 Å². The molecule has 0 spiro atoms. The molecule has 3 fully saturated rings. The van der Waals surface area contributed by atoms with Crippen LogP contribution in [0.3, 0.4) is 0 Å². The Balaban J connectivity index is 1.51. The van der Waals surface area contributed by atoms with Gasteiger partial charge in [0.1, 0.15) is 0 Å². The van der Waals surface area contributed by atoms with Gasteiger partial charge >= 0.3 is 0 Å². The van der Waals surface area contributed by atoms with Gasteiger partial charge in [-0.25, -0.2) is 4.98 Å².